The SMILES string of the molecule is CC(O)CN.Cc1ccc(S(=O)(=O)OC(=O)OCc2ccccc2)cc1. The van der Waals surface area contributed by atoms with E-state index in [1.54, 1.807) is 43.3 Å². The highest BCUT2D eigenvalue weighted by Gasteiger charge is 2.21. The van der Waals surface area contributed by atoms with Gasteiger partial charge in [0.15, 0.2) is 0 Å². The highest BCUT2D eigenvalue weighted by Crippen LogP contribution is 2.14. The maximum absolute atomic E-state index is 11.8. The number of carbonyl (C=O) groups is 1. The Morgan fingerprint density at radius 3 is 2.15 bits per heavy atom. The molecule has 7 nitrogen and oxygen atoms in total. The molecule has 2 rings (SSSR count). The van der Waals surface area contributed by atoms with Gasteiger partial charge in [-0.1, -0.05) is 48.0 Å². The molecule has 0 aliphatic rings. The minimum absolute atomic E-state index is 0.0525. The van der Waals surface area contributed by atoms with Crippen molar-refractivity contribution in [3.05, 3.63) is 65.7 Å². The number of aliphatic hydroxyl groups is 1. The monoisotopic (exact) mass is 381 g/mol. The van der Waals surface area contributed by atoms with E-state index in [1.165, 1.54) is 12.1 Å². The molecule has 0 fully saturated rings. The van der Waals surface area contributed by atoms with Crippen LogP contribution in [0.3, 0.4) is 0 Å². The molecule has 0 amide bonds. The number of benzene rings is 2. The van der Waals surface area contributed by atoms with E-state index in [1.807, 2.05) is 13.0 Å². The smallest absolute Gasteiger partial charge is 0.429 e. The molecule has 0 saturated heterocycles. The van der Waals surface area contributed by atoms with Crippen LogP contribution in [-0.4, -0.2) is 32.3 Å². The lowest BCUT2D eigenvalue weighted by Crippen LogP contribution is -2.14. The van der Waals surface area contributed by atoms with E-state index in [4.69, 9.17) is 15.6 Å². The van der Waals surface area contributed by atoms with Crippen LogP contribution in [0.1, 0.15) is 18.1 Å². The number of hydrogen-bond acceptors (Lipinski definition) is 7. The summed E-state index contributed by atoms with van der Waals surface area (Å²) in [5, 5.41) is 8.24. The van der Waals surface area contributed by atoms with Gasteiger partial charge in [-0.3, -0.25) is 0 Å². The third kappa shape index (κ3) is 8.11. The lowest BCUT2D eigenvalue weighted by Gasteiger charge is -2.07. The van der Waals surface area contributed by atoms with Crippen LogP contribution in [0.5, 0.6) is 0 Å². The topological polar surface area (TPSA) is 116 Å². The van der Waals surface area contributed by atoms with Gasteiger partial charge in [0.25, 0.3) is 0 Å². The number of rotatable bonds is 5. The average Bonchev–Trinajstić information content (AvgIpc) is 2.61. The zero-order valence-electron chi connectivity index (χ0n) is 14.7. The first-order chi connectivity index (χ1) is 12.2. The normalized spacial score (nSPS) is 11.7. The molecule has 0 aliphatic carbocycles. The van der Waals surface area contributed by atoms with E-state index in [0.717, 1.165) is 11.1 Å². The van der Waals surface area contributed by atoms with Gasteiger partial charge < -0.3 is 19.8 Å². The fourth-order valence-corrected chi connectivity index (χ4v) is 2.38. The van der Waals surface area contributed by atoms with Gasteiger partial charge in [0.1, 0.15) is 11.5 Å². The van der Waals surface area contributed by atoms with E-state index in [-0.39, 0.29) is 17.6 Å². The third-order valence-corrected chi connectivity index (χ3v) is 4.23. The molecule has 0 bridgehead atoms. The largest absolute Gasteiger partial charge is 0.524 e. The molecule has 0 heterocycles. The van der Waals surface area contributed by atoms with Gasteiger partial charge in [0.2, 0.25) is 0 Å². The summed E-state index contributed by atoms with van der Waals surface area (Å²) in [6.07, 6.45) is -1.59. The zero-order chi connectivity index (χ0) is 19.6. The molecule has 26 heavy (non-hydrogen) atoms. The predicted octanol–water partition coefficient (Wildman–Crippen LogP) is 2.36. The Balaban J connectivity index is 0.000000597. The number of nitrogens with two attached hydrogens (primary N) is 1. The van der Waals surface area contributed by atoms with Gasteiger partial charge >= 0.3 is 16.3 Å². The van der Waals surface area contributed by atoms with Gasteiger partial charge in [-0.25, -0.2) is 4.79 Å². The lowest BCUT2D eigenvalue weighted by atomic mass is 10.2. The average molecular weight is 381 g/mol. The molecule has 0 aliphatic heterocycles. The first kappa shape index (κ1) is 21.6. The Labute approximate surface area is 153 Å². The quantitative estimate of drug-likeness (QED) is 0.603. The molecule has 0 radical (unpaired) electrons. The van der Waals surface area contributed by atoms with E-state index in [2.05, 4.69) is 4.18 Å². The molecule has 0 aromatic heterocycles. The standard InChI is InChI=1S/C15H14O5S.C3H9NO/c1-12-7-9-14(10-8-12)21(17,18)20-15(16)19-11-13-5-3-2-4-6-13;1-3(5)2-4/h2-10H,11H2,1H3;3,5H,2,4H2,1H3. The van der Waals surface area contributed by atoms with Gasteiger partial charge in [0, 0.05) is 6.54 Å². The molecule has 0 spiro atoms. The molecule has 1 unspecified atom stereocenters. The lowest BCUT2D eigenvalue weighted by molar-refractivity contribution is 0.0950. The van der Waals surface area contributed by atoms with E-state index in [9.17, 15) is 13.2 Å². The second-order valence-electron chi connectivity index (χ2n) is 5.46. The van der Waals surface area contributed by atoms with Crippen LogP contribution in [0.4, 0.5) is 4.79 Å². The molecule has 0 saturated carbocycles. The van der Waals surface area contributed by atoms with Crippen molar-refractivity contribution in [3.63, 3.8) is 0 Å². The molecule has 8 heteroatoms. The van der Waals surface area contributed by atoms with E-state index in [0.29, 0.717) is 6.54 Å². The molecule has 1 atom stereocenters. The van der Waals surface area contributed by atoms with Crippen molar-refractivity contribution in [2.45, 2.75) is 31.5 Å². The fourth-order valence-electron chi connectivity index (χ4n) is 1.58. The Morgan fingerprint density at radius 2 is 1.65 bits per heavy atom. The van der Waals surface area contributed by atoms with Crippen LogP contribution in [-0.2, 0) is 25.6 Å². The van der Waals surface area contributed by atoms with Crippen molar-refractivity contribution in [2.75, 3.05) is 6.54 Å². The van der Waals surface area contributed by atoms with Gasteiger partial charge in [0.05, 0.1) is 6.10 Å². The van der Waals surface area contributed by atoms with Crippen LogP contribution >= 0.6 is 0 Å². The molecule has 142 valence electrons. The summed E-state index contributed by atoms with van der Waals surface area (Å²) in [4.78, 5) is 11.4. The van der Waals surface area contributed by atoms with Crippen molar-refractivity contribution in [3.8, 4) is 0 Å². The van der Waals surface area contributed by atoms with Gasteiger partial charge in [-0.05, 0) is 31.5 Å². The first-order valence-corrected chi connectivity index (χ1v) is 9.25. The minimum Gasteiger partial charge on any atom is -0.429 e. The Kier molecular flexibility index (Phi) is 8.77. The minimum atomic E-state index is -4.16. The van der Waals surface area contributed by atoms with Gasteiger partial charge in [-0.15, -0.1) is 0 Å². The highest BCUT2D eigenvalue weighted by molar-refractivity contribution is 7.87. The van der Waals surface area contributed by atoms with Crippen LogP contribution in [0.2, 0.25) is 0 Å². The second kappa shape index (κ2) is 10.5. The summed E-state index contributed by atoms with van der Waals surface area (Å²) in [6.45, 7) is 3.79. The first-order valence-electron chi connectivity index (χ1n) is 7.84. The third-order valence-electron chi connectivity index (χ3n) is 3.03. The summed E-state index contributed by atoms with van der Waals surface area (Å²) in [5.41, 5.74) is 6.56. The number of carbonyl (C=O) groups excluding carboxylic acids is 1. The number of aryl methyl sites for hydroxylation is 1. The van der Waals surface area contributed by atoms with E-state index >= 15 is 0 Å². The van der Waals surface area contributed by atoms with Crippen LogP contribution in [0, 0.1) is 6.92 Å². The summed E-state index contributed by atoms with van der Waals surface area (Å²) in [6, 6.07) is 14.9. The number of aliphatic hydroxyl groups excluding tert-OH is 1. The Hall–Kier alpha value is -2.42. The molecular formula is C18H23NO6S. The fraction of sp³-hybridized carbons (Fsp3) is 0.278. The van der Waals surface area contributed by atoms with Crippen molar-refractivity contribution in [1.29, 1.82) is 0 Å². The Morgan fingerprint density at radius 1 is 1.12 bits per heavy atom. The molecule has 2 aromatic carbocycles. The summed E-state index contributed by atoms with van der Waals surface area (Å²) in [5.74, 6) is 0. The summed E-state index contributed by atoms with van der Waals surface area (Å²) < 4.78 is 32.8. The number of hydrogen-bond donors (Lipinski definition) is 2. The number of ether oxygens (including phenoxy) is 1. The van der Waals surface area contributed by atoms with Crippen LogP contribution in [0.15, 0.2) is 59.5 Å². The maximum atomic E-state index is 11.8. The van der Waals surface area contributed by atoms with Crippen LogP contribution in [0.25, 0.3) is 0 Å². The molecule has 3 N–H and O–H groups in total. The van der Waals surface area contributed by atoms with Gasteiger partial charge in [-0.2, -0.15) is 8.42 Å². The zero-order valence-corrected chi connectivity index (χ0v) is 15.5. The van der Waals surface area contributed by atoms with Crippen molar-refractivity contribution < 1.29 is 27.2 Å². The summed E-state index contributed by atoms with van der Waals surface area (Å²) in [7, 11) is -4.16. The second-order valence-corrected chi connectivity index (χ2v) is 7.01. The van der Waals surface area contributed by atoms with Crippen molar-refractivity contribution >= 4 is 16.3 Å². The van der Waals surface area contributed by atoms with Crippen LogP contribution < -0.4 is 5.73 Å². The summed E-state index contributed by atoms with van der Waals surface area (Å²) >= 11 is 0. The molecular weight excluding hydrogens is 358 g/mol. The van der Waals surface area contributed by atoms with Crippen molar-refractivity contribution in [1.82, 2.24) is 0 Å². The maximum Gasteiger partial charge on any atom is 0.524 e. The Bertz CT molecular complexity index is 773. The predicted molar refractivity (Wildman–Crippen MR) is 96.8 cm³/mol. The molecule has 2 aromatic rings. The highest BCUT2D eigenvalue weighted by atomic mass is 32.2. The van der Waals surface area contributed by atoms with Crippen molar-refractivity contribution in [2.24, 2.45) is 5.73 Å². The van der Waals surface area contributed by atoms with E-state index < -0.39 is 16.3 Å².